The van der Waals surface area contributed by atoms with Gasteiger partial charge in [-0.2, -0.15) is 10.2 Å². The molecule has 0 aliphatic rings. The maximum Gasteiger partial charge on any atom is 0.240 e. The molecular formula is C22H26N4O2. The molecule has 2 rings (SSSR count). The van der Waals surface area contributed by atoms with Crippen LogP contribution in [0.25, 0.3) is 0 Å². The summed E-state index contributed by atoms with van der Waals surface area (Å²) in [5.74, 6) is -0.647. The highest BCUT2D eigenvalue weighted by molar-refractivity contribution is 5.86. The van der Waals surface area contributed by atoms with Gasteiger partial charge in [-0.15, -0.1) is 0 Å². The maximum atomic E-state index is 11.8. The van der Waals surface area contributed by atoms with Gasteiger partial charge < -0.3 is 0 Å². The lowest BCUT2D eigenvalue weighted by atomic mass is 10.1. The lowest BCUT2D eigenvalue weighted by molar-refractivity contribution is -0.126. The molecule has 28 heavy (non-hydrogen) atoms. The first-order valence-corrected chi connectivity index (χ1v) is 9.42. The van der Waals surface area contributed by atoms with E-state index in [9.17, 15) is 9.59 Å². The standard InChI is InChI=1S/C22H26N4O2/c1-3-17-5-9-19(10-6-17)15-23-25-21(27)13-14-22(28)26-24-16-20-11-7-18(4-2)8-12-20/h5-12,15-16H,3-4,13-14H2,1-2H3,(H,25,27)(H,26,28). The topological polar surface area (TPSA) is 82.9 Å². The molecule has 0 aromatic heterocycles. The second-order valence-corrected chi connectivity index (χ2v) is 6.28. The van der Waals surface area contributed by atoms with E-state index in [-0.39, 0.29) is 24.7 Å². The van der Waals surface area contributed by atoms with Gasteiger partial charge in [-0.25, -0.2) is 10.9 Å². The summed E-state index contributed by atoms with van der Waals surface area (Å²) in [4.78, 5) is 23.5. The molecule has 0 saturated carbocycles. The molecule has 0 aliphatic heterocycles. The first-order chi connectivity index (χ1) is 13.6. The quantitative estimate of drug-likeness (QED) is 0.519. The largest absolute Gasteiger partial charge is 0.273 e. The summed E-state index contributed by atoms with van der Waals surface area (Å²) in [6, 6.07) is 15.8. The highest BCUT2D eigenvalue weighted by Crippen LogP contribution is 2.03. The van der Waals surface area contributed by atoms with Gasteiger partial charge in [0.25, 0.3) is 0 Å². The lowest BCUT2D eigenvalue weighted by Gasteiger charge is -2.01. The average molecular weight is 378 g/mol. The number of carbonyl (C=O) groups is 2. The molecule has 0 aliphatic carbocycles. The number of benzene rings is 2. The summed E-state index contributed by atoms with van der Waals surface area (Å²) >= 11 is 0. The highest BCUT2D eigenvalue weighted by atomic mass is 16.2. The molecule has 0 fully saturated rings. The first kappa shape index (κ1) is 21.0. The van der Waals surface area contributed by atoms with E-state index in [1.807, 2.05) is 48.5 Å². The van der Waals surface area contributed by atoms with Crippen LogP contribution in [0.15, 0.2) is 58.7 Å². The van der Waals surface area contributed by atoms with Crippen LogP contribution in [0.4, 0.5) is 0 Å². The first-order valence-electron chi connectivity index (χ1n) is 9.42. The van der Waals surface area contributed by atoms with Gasteiger partial charge in [0, 0.05) is 12.8 Å². The third-order valence-corrected chi connectivity index (χ3v) is 4.16. The van der Waals surface area contributed by atoms with Crippen molar-refractivity contribution in [1.82, 2.24) is 10.9 Å². The van der Waals surface area contributed by atoms with Crippen molar-refractivity contribution in [2.45, 2.75) is 39.5 Å². The van der Waals surface area contributed by atoms with Gasteiger partial charge >= 0.3 is 0 Å². The van der Waals surface area contributed by atoms with Gasteiger partial charge in [0.2, 0.25) is 11.8 Å². The fourth-order valence-corrected chi connectivity index (χ4v) is 2.38. The molecule has 6 nitrogen and oxygen atoms in total. The molecule has 2 amide bonds. The zero-order valence-corrected chi connectivity index (χ0v) is 16.3. The Hall–Kier alpha value is -3.28. The monoisotopic (exact) mass is 378 g/mol. The van der Waals surface area contributed by atoms with Crippen LogP contribution in [0.2, 0.25) is 0 Å². The minimum atomic E-state index is -0.323. The predicted molar refractivity (Wildman–Crippen MR) is 112 cm³/mol. The smallest absolute Gasteiger partial charge is 0.240 e. The molecule has 146 valence electrons. The highest BCUT2D eigenvalue weighted by Gasteiger charge is 2.05. The van der Waals surface area contributed by atoms with Crippen molar-refractivity contribution >= 4 is 24.2 Å². The summed E-state index contributed by atoms with van der Waals surface area (Å²) in [7, 11) is 0. The van der Waals surface area contributed by atoms with Crippen LogP contribution >= 0.6 is 0 Å². The average Bonchev–Trinajstić information content (AvgIpc) is 2.73. The number of carbonyl (C=O) groups excluding carboxylic acids is 2. The molecule has 0 unspecified atom stereocenters. The Bertz CT molecular complexity index is 753. The van der Waals surface area contributed by atoms with Gasteiger partial charge in [0.1, 0.15) is 0 Å². The molecule has 0 bridgehead atoms. The van der Waals surface area contributed by atoms with Crippen LogP contribution in [-0.2, 0) is 22.4 Å². The van der Waals surface area contributed by atoms with Crippen molar-refractivity contribution in [3.05, 3.63) is 70.8 Å². The van der Waals surface area contributed by atoms with E-state index < -0.39 is 0 Å². The van der Waals surface area contributed by atoms with Crippen molar-refractivity contribution in [3.63, 3.8) is 0 Å². The summed E-state index contributed by atoms with van der Waals surface area (Å²) in [5.41, 5.74) is 9.13. The SMILES string of the molecule is CCc1ccc(C=NNC(=O)CCC(=O)NN=Cc2ccc(CC)cc2)cc1. The summed E-state index contributed by atoms with van der Waals surface area (Å²) < 4.78 is 0. The number of aryl methyl sites for hydroxylation is 2. The third kappa shape index (κ3) is 7.53. The molecule has 6 heteroatoms. The normalized spacial score (nSPS) is 11.1. The Kier molecular flexibility index (Phi) is 8.59. The number of hydrogen-bond acceptors (Lipinski definition) is 4. The van der Waals surface area contributed by atoms with Gasteiger partial charge in [-0.3, -0.25) is 9.59 Å². The van der Waals surface area contributed by atoms with Crippen LogP contribution in [0.1, 0.15) is 48.9 Å². The van der Waals surface area contributed by atoms with Crippen molar-refractivity contribution < 1.29 is 9.59 Å². The molecule has 0 radical (unpaired) electrons. The molecular weight excluding hydrogens is 352 g/mol. The molecule has 0 atom stereocenters. The van der Waals surface area contributed by atoms with Crippen molar-refractivity contribution in [2.24, 2.45) is 10.2 Å². The zero-order valence-electron chi connectivity index (χ0n) is 16.3. The van der Waals surface area contributed by atoms with Gasteiger partial charge in [-0.05, 0) is 35.1 Å². The van der Waals surface area contributed by atoms with Crippen molar-refractivity contribution in [2.75, 3.05) is 0 Å². The molecule has 0 spiro atoms. The molecule has 0 saturated heterocycles. The Morgan fingerprint density at radius 3 is 1.39 bits per heavy atom. The Balaban J connectivity index is 1.67. The van der Waals surface area contributed by atoms with E-state index >= 15 is 0 Å². The van der Waals surface area contributed by atoms with Gasteiger partial charge in [0.05, 0.1) is 12.4 Å². The van der Waals surface area contributed by atoms with E-state index in [4.69, 9.17) is 0 Å². The number of nitrogens with zero attached hydrogens (tertiary/aromatic N) is 2. The zero-order chi connectivity index (χ0) is 20.2. The van der Waals surface area contributed by atoms with Crippen LogP contribution in [0.3, 0.4) is 0 Å². The fraction of sp³-hybridized carbons (Fsp3) is 0.273. The van der Waals surface area contributed by atoms with Gasteiger partial charge in [-0.1, -0.05) is 62.4 Å². The summed E-state index contributed by atoms with van der Waals surface area (Å²) in [6.45, 7) is 4.18. The van der Waals surface area contributed by atoms with Crippen molar-refractivity contribution in [1.29, 1.82) is 0 Å². The number of rotatable bonds is 9. The van der Waals surface area contributed by atoms with Crippen LogP contribution in [-0.4, -0.2) is 24.2 Å². The van der Waals surface area contributed by atoms with Crippen molar-refractivity contribution in [3.8, 4) is 0 Å². The number of hydrogen-bond donors (Lipinski definition) is 2. The summed E-state index contributed by atoms with van der Waals surface area (Å²) in [6.07, 6.45) is 5.19. The van der Waals surface area contributed by atoms with E-state index in [1.165, 1.54) is 11.1 Å². The van der Waals surface area contributed by atoms with Crippen LogP contribution in [0, 0.1) is 0 Å². The minimum Gasteiger partial charge on any atom is -0.273 e. The Morgan fingerprint density at radius 1 is 0.714 bits per heavy atom. The second kappa shape index (κ2) is 11.4. The molecule has 2 aromatic carbocycles. The third-order valence-electron chi connectivity index (χ3n) is 4.16. The number of hydrazone groups is 2. The van der Waals surface area contributed by atoms with E-state index in [2.05, 4.69) is 34.9 Å². The Morgan fingerprint density at radius 2 is 1.07 bits per heavy atom. The Labute approximate surface area is 165 Å². The number of amides is 2. The molecule has 2 aromatic rings. The van der Waals surface area contributed by atoms with Crippen LogP contribution in [0.5, 0.6) is 0 Å². The lowest BCUT2D eigenvalue weighted by Crippen LogP contribution is -2.22. The fourth-order valence-electron chi connectivity index (χ4n) is 2.38. The van der Waals surface area contributed by atoms with Crippen LogP contribution < -0.4 is 10.9 Å². The summed E-state index contributed by atoms with van der Waals surface area (Å²) in [5, 5.41) is 7.81. The van der Waals surface area contributed by atoms with E-state index in [1.54, 1.807) is 12.4 Å². The van der Waals surface area contributed by atoms with E-state index in [0.717, 1.165) is 24.0 Å². The maximum absolute atomic E-state index is 11.8. The molecule has 0 heterocycles. The minimum absolute atomic E-state index is 0.0403. The predicted octanol–water partition coefficient (Wildman–Crippen LogP) is 3.19. The van der Waals surface area contributed by atoms with Gasteiger partial charge in [0.15, 0.2) is 0 Å². The second-order valence-electron chi connectivity index (χ2n) is 6.28. The molecule has 2 N–H and O–H groups in total. The van der Waals surface area contributed by atoms with E-state index in [0.29, 0.717) is 0 Å². The number of nitrogens with one attached hydrogen (secondary N) is 2.